The van der Waals surface area contributed by atoms with Crippen LogP contribution in [0.1, 0.15) is 26.7 Å². The Bertz CT molecular complexity index is 249. The summed E-state index contributed by atoms with van der Waals surface area (Å²) in [5.41, 5.74) is 0. The van der Waals surface area contributed by atoms with Crippen molar-refractivity contribution in [2.24, 2.45) is 5.92 Å². The largest absolute Gasteiger partial charge is 0.481 e. The first kappa shape index (κ1) is 16.1. The second-order valence-electron chi connectivity index (χ2n) is 4.12. The molecule has 2 unspecified atom stereocenters. The zero-order valence-electron chi connectivity index (χ0n) is 10.7. The molecule has 2 amide bonds. The number of carboxylic acid groups (broad SMARTS) is 1. The van der Waals surface area contributed by atoms with Gasteiger partial charge >= 0.3 is 12.0 Å². The van der Waals surface area contributed by atoms with Gasteiger partial charge in [0.1, 0.15) is 0 Å². The summed E-state index contributed by atoms with van der Waals surface area (Å²) in [7, 11) is 0. The van der Waals surface area contributed by atoms with Crippen LogP contribution in [0.3, 0.4) is 0 Å². The van der Waals surface area contributed by atoms with Gasteiger partial charge in [-0.15, -0.1) is 0 Å². The molecule has 6 heteroatoms. The molecular formula is C11H22N2O3S. The number of hydrogen-bond donors (Lipinski definition) is 3. The molecule has 0 spiro atoms. The minimum Gasteiger partial charge on any atom is -0.481 e. The van der Waals surface area contributed by atoms with Crippen LogP contribution in [0.4, 0.5) is 4.79 Å². The molecule has 0 aromatic carbocycles. The number of aliphatic carboxylic acids is 1. The lowest BCUT2D eigenvalue weighted by molar-refractivity contribution is -0.137. The second-order valence-corrected chi connectivity index (χ2v) is 5.03. The molecule has 2 atom stereocenters. The Morgan fingerprint density at radius 3 is 2.53 bits per heavy atom. The fourth-order valence-electron chi connectivity index (χ4n) is 1.36. The van der Waals surface area contributed by atoms with Crippen molar-refractivity contribution < 1.29 is 14.7 Å². The van der Waals surface area contributed by atoms with Gasteiger partial charge in [0.2, 0.25) is 0 Å². The summed E-state index contributed by atoms with van der Waals surface area (Å²) >= 11 is 1.74. The number of nitrogens with one attached hydrogen (secondary N) is 2. The molecule has 0 aromatic rings. The van der Waals surface area contributed by atoms with Gasteiger partial charge in [-0.25, -0.2) is 4.79 Å². The van der Waals surface area contributed by atoms with E-state index in [1.807, 2.05) is 13.2 Å². The Hall–Kier alpha value is -0.910. The lowest BCUT2D eigenvalue weighted by Gasteiger charge is -2.17. The molecular weight excluding hydrogens is 240 g/mol. The first-order valence-corrected chi connectivity index (χ1v) is 7.14. The highest BCUT2D eigenvalue weighted by molar-refractivity contribution is 7.98. The molecule has 0 saturated carbocycles. The van der Waals surface area contributed by atoms with Crippen molar-refractivity contribution in [3.63, 3.8) is 0 Å². The lowest BCUT2D eigenvalue weighted by atomic mass is 10.1. The van der Waals surface area contributed by atoms with Gasteiger partial charge < -0.3 is 15.7 Å². The van der Waals surface area contributed by atoms with Crippen LogP contribution in [0.15, 0.2) is 0 Å². The van der Waals surface area contributed by atoms with Crippen molar-refractivity contribution in [1.29, 1.82) is 0 Å². The van der Waals surface area contributed by atoms with Crippen LogP contribution in [0.25, 0.3) is 0 Å². The van der Waals surface area contributed by atoms with Gasteiger partial charge in [0.25, 0.3) is 0 Å². The third kappa shape index (κ3) is 8.85. The molecule has 0 aromatic heterocycles. The maximum Gasteiger partial charge on any atom is 0.315 e. The molecule has 17 heavy (non-hydrogen) atoms. The third-order valence-electron chi connectivity index (χ3n) is 2.31. The molecule has 0 aliphatic heterocycles. The maximum atomic E-state index is 11.5. The summed E-state index contributed by atoms with van der Waals surface area (Å²) in [5, 5.41) is 14.0. The SMILES string of the molecule is CCC(CC(=O)O)NC(=O)NCC(C)CSC. The van der Waals surface area contributed by atoms with Gasteiger partial charge in [0.15, 0.2) is 0 Å². The first-order chi connectivity index (χ1) is 7.99. The topological polar surface area (TPSA) is 78.4 Å². The molecule has 0 radical (unpaired) electrons. The summed E-state index contributed by atoms with van der Waals surface area (Å²) in [6.45, 7) is 4.52. The van der Waals surface area contributed by atoms with E-state index < -0.39 is 5.97 Å². The predicted octanol–water partition coefficient (Wildman–Crippen LogP) is 1.54. The average molecular weight is 262 g/mol. The van der Waals surface area contributed by atoms with Crippen molar-refractivity contribution in [3.8, 4) is 0 Å². The fraction of sp³-hybridized carbons (Fsp3) is 0.818. The normalized spacial score (nSPS) is 13.8. The fourth-order valence-corrected chi connectivity index (χ4v) is 2.04. The highest BCUT2D eigenvalue weighted by Crippen LogP contribution is 2.02. The summed E-state index contributed by atoms with van der Waals surface area (Å²) < 4.78 is 0. The Balaban J connectivity index is 3.86. The van der Waals surface area contributed by atoms with Gasteiger partial charge in [0.05, 0.1) is 6.42 Å². The quantitative estimate of drug-likeness (QED) is 0.620. The summed E-state index contributed by atoms with van der Waals surface area (Å²) in [6.07, 6.45) is 2.60. The van der Waals surface area contributed by atoms with Crippen molar-refractivity contribution in [1.82, 2.24) is 10.6 Å². The minimum atomic E-state index is -0.895. The van der Waals surface area contributed by atoms with E-state index in [0.29, 0.717) is 18.9 Å². The van der Waals surface area contributed by atoms with Crippen LogP contribution < -0.4 is 10.6 Å². The van der Waals surface area contributed by atoms with E-state index in [1.165, 1.54) is 0 Å². The number of carboxylic acids is 1. The van der Waals surface area contributed by atoms with E-state index in [9.17, 15) is 9.59 Å². The monoisotopic (exact) mass is 262 g/mol. The van der Waals surface area contributed by atoms with Crippen LogP contribution in [0.2, 0.25) is 0 Å². The zero-order valence-corrected chi connectivity index (χ0v) is 11.5. The molecule has 0 fully saturated rings. The van der Waals surface area contributed by atoms with Crippen molar-refractivity contribution in [2.45, 2.75) is 32.7 Å². The first-order valence-electron chi connectivity index (χ1n) is 5.74. The van der Waals surface area contributed by atoms with Crippen LogP contribution >= 0.6 is 11.8 Å². The van der Waals surface area contributed by atoms with Crippen LogP contribution in [-0.4, -0.2) is 41.7 Å². The highest BCUT2D eigenvalue weighted by atomic mass is 32.2. The number of urea groups is 1. The number of carbonyl (C=O) groups excluding carboxylic acids is 1. The van der Waals surface area contributed by atoms with E-state index in [4.69, 9.17) is 5.11 Å². The standard InChI is InChI=1S/C11H22N2O3S/c1-4-9(5-10(14)15)13-11(16)12-6-8(2)7-17-3/h8-9H,4-7H2,1-3H3,(H,14,15)(H2,12,13,16). The molecule has 5 nitrogen and oxygen atoms in total. The van der Waals surface area contributed by atoms with E-state index in [0.717, 1.165) is 5.75 Å². The number of rotatable bonds is 8. The Labute approximate surface area is 107 Å². The number of thioether (sulfide) groups is 1. The summed E-state index contributed by atoms with van der Waals surface area (Å²) in [6, 6.07) is -0.589. The number of hydrogen-bond acceptors (Lipinski definition) is 3. The molecule has 0 saturated heterocycles. The molecule has 0 aliphatic carbocycles. The van der Waals surface area contributed by atoms with Crippen LogP contribution in [-0.2, 0) is 4.79 Å². The van der Waals surface area contributed by atoms with E-state index in [-0.39, 0.29) is 18.5 Å². The van der Waals surface area contributed by atoms with Gasteiger partial charge in [-0.05, 0) is 24.3 Å². The average Bonchev–Trinajstić information content (AvgIpc) is 2.25. The Kier molecular flexibility index (Phi) is 8.66. The van der Waals surface area contributed by atoms with E-state index in [1.54, 1.807) is 11.8 Å². The highest BCUT2D eigenvalue weighted by Gasteiger charge is 2.14. The number of carbonyl (C=O) groups is 2. The third-order valence-corrected chi connectivity index (χ3v) is 3.21. The minimum absolute atomic E-state index is 0.0374. The molecule has 3 N–H and O–H groups in total. The van der Waals surface area contributed by atoms with Gasteiger partial charge in [0, 0.05) is 12.6 Å². The van der Waals surface area contributed by atoms with E-state index >= 15 is 0 Å². The summed E-state index contributed by atoms with van der Waals surface area (Å²) in [5.74, 6) is 0.510. The number of amides is 2. The van der Waals surface area contributed by atoms with E-state index in [2.05, 4.69) is 17.6 Å². The molecule has 0 bridgehead atoms. The zero-order chi connectivity index (χ0) is 13.3. The van der Waals surface area contributed by atoms with Crippen molar-refractivity contribution in [2.75, 3.05) is 18.6 Å². The van der Waals surface area contributed by atoms with Crippen LogP contribution in [0.5, 0.6) is 0 Å². The maximum absolute atomic E-state index is 11.5. The second kappa shape index (κ2) is 9.15. The van der Waals surface area contributed by atoms with Crippen LogP contribution in [0, 0.1) is 5.92 Å². The smallest absolute Gasteiger partial charge is 0.315 e. The van der Waals surface area contributed by atoms with Crippen molar-refractivity contribution >= 4 is 23.8 Å². The summed E-state index contributed by atoms with van der Waals surface area (Å²) in [4.78, 5) is 22.0. The van der Waals surface area contributed by atoms with Crippen molar-refractivity contribution in [3.05, 3.63) is 0 Å². The molecule has 0 rings (SSSR count). The van der Waals surface area contributed by atoms with Gasteiger partial charge in [-0.1, -0.05) is 13.8 Å². The van der Waals surface area contributed by atoms with Gasteiger partial charge in [-0.2, -0.15) is 11.8 Å². The molecule has 0 aliphatic rings. The molecule has 100 valence electrons. The lowest BCUT2D eigenvalue weighted by Crippen LogP contribution is -2.44. The van der Waals surface area contributed by atoms with Gasteiger partial charge in [-0.3, -0.25) is 4.79 Å². The molecule has 0 heterocycles. The Morgan fingerprint density at radius 1 is 1.41 bits per heavy atom. The Morgan fingerprint density at radius 2 is 2.06 bits per heavy atom. The predicted molar refractivity (Wildman–Crippen MR) is 70.4 cm³/mol.